The minimum absolute atomic E-state index is 0.0387. The van der Waals surface area contributed by atoms with Gasteiger partial charge in [0.2, 0.25) is 0 Å². The van der Waals surface area contributed by atoms with Gasteiger partial charge in [-0.2, -0.15) is 5.10 Å². The molecular weight excluding hydrogens is 218 g/mol. The summed E-state index contributed by atoms with van der Waals surface area (Å²) in [6, 6.07) is 1.78. The lowest BCUT2D eigenvalue weighted by Gasteiger charge is -2.19. The van der Waals surface area contributed by atoms with Crippen molar-refractivity contribution in [3.63, 3.8) is 0 Å². The highest BCUT2D eigenvalue weighted by Gasteiger charge is 2.24. The van der Waals surface area contributed by atoms with Crippen molar-refractivity contribution in [2.45, 2.75) is 45.4 Å². The van der Waals surface area contributed by atoms with E-state index in [1.807, 2.05) is 20.0 Å². The zero-order valence-electron chi connectivity index (χ0n) is 10.3. The second-order valence-corrected chi connectivity index (χ2v) is 4.37. The van der Waals surface area contributed by atoms with Crippen LogP contribution in [0.25, 0.3) is 0 Å². The summed E-state index contributed by atoms with van der Waals surface area (Å²) in [5.41, 5.74) is 0.469. The number of nitrogens with zero attached hydrogens (tertiary/aromatic N) is 2. The molecule has 0 saturated carbocycles. The van der Waals surface area contributed by atoms with Gasteiger partial charge in [0.05, 0.1) is 12.1 Å². The number of nitrogens with one attached hydrogen (secondary N) is 1. The molecule has 1 aliphatic rings. The highest BCUT2D eigenvalue weighted by Crippen LogP contribution is 2.15. The maximum atomic E-state index is 11.9. The number of amides is 1. The molecule has 94 valence electrons. The van der Waals surface area contributed by atoms with Gasteiger partial charge < -0.3 is 10.1 Å². The number of hydrogen-bond acceptors (Lipinski definition) is 3. The quantitative estimate of drug-likeness (QED) is 0.856. The average molecular weight is 237 g/mol. The van der Waals surface area contributed by atoms with E-state index in [0.29, 0.717) is 5.69 Å². The van der Waals surface area contributed by atoms with E-state index in [2.05, 4.69) is 10.4 Å². The molecule has 2 heterocycles. The van der Waals surface area contributed by atoms with Gasteiger partial charge in [0.1, 0.15) is 5.69 Å². The molecule has 2 unspecified atom stereocenters. The Bertz CT molecular complexity index is 383. The molecule has 0 radical (unpaired) electrons. The number of rotatable bonds is 4. The average Bonchev–Trinajstić information content (AvgIpc) is 3.00. The number of aryl methyl sites for hydroxylation is 1. The molecule has 2 rings (SSSR count). The van der Waals surface area contributed by atoms with E-state index in [0.717, 1.165) is 26.0 Å². The van der Waals surface area contributed by atoms with Crippen LogP contribution in [0.3, 0.4) is 0 Å². The van der Waals surface area contributed by atoms with Crippen molar-refractivity contribution in [1.82, 2.24) is 15.1 Å². The highest BCUT2D eigenvalue weighted by atomic mass is 16.5. The van der Waals surface area contributed by atoms with Gasteiger partial charge in [-0.1, -0.05) is 0 Å². The van der Waals surface area contributed by atoms with Gasteiger partial charge in [-0.15, -0.1) is 0 Å². The molecule has 1 aromatic heterocycles. The molecule has 0 aliphatic carbocycles. The maximum absolute atomic E-state index is 11.9. The molecule has 1 saturated heterocycles. The van der Waals surface area contributed by atoms with Crippen molar-refractivity contribution in [1.29, 1.82) is 0 Å². The summed E-state index contributed by atoms with van der Waals surface area (Å²) in [4.78, 5) is 11.9. The van der Waals surface area contributed by atoms with Crippen LogP contribution < -0.4 is 5.32 Å². The van der Waals surface area contributed by atoms with Crippen LogP contribution in [-0.2, 0) is 11.3 Å². The molecule has 0 aromatic carbocycles. The minimum Gasteiger partial charge on any atom is -0.376 e. The molecule has 1 aromatic rings. The molecule has 5 heteroatoms. The van der Waals surface area contributed by atoms with Crippen molar-refractivity contribution in [2.24, 2.45) is 0 Å². The zero-order chi connectivity index (χ0) is 12.3. The Morgan fingerprint density at radius 2 is 2.59 bits per heavy atom. The first-order chi connectivity index (χ1) is 8.20. The topological polar surface area (TPSA) is 56.2 Å². The minimum atomic E-state index is -0.125. The SMILES string of the molecule is CCn1ccc(C(=O)NC(C)C2CCCO2)n1. The van der Waals surface area contributed by atoms with Gasteiger partial charge in [0.25, 0.3) is 5.91 Å². The summed E-state index contributed by atoms with van der Waals surface area (Å²) >= 11 is 0. The molecule has 1 aliphatic heterocycles. The summed E-state index contributed by atoms with van der Waals surface area (Å²) in [5.74, 6) is -0.125. The molecule has 1 amide bonds. The fraction of sp³-hybridized carbons (Fsp3) is 0.667. The number of carbonyl (C=O) groups is 1. The summed E-state index contributed by atoms with van der Waals surface area (Å²) < 4.78 is 7.28. The molecule has 17 heavy (non-hydrogen) atoms. The first-order valence-corrected chi connectivity index (χ1v) is 6.16. The Hall–Kier alpha value is -1.36. The Labute approximate surface area is 101 Å². The molecule has 0 bridgehead atoms. The van der Waals surface area contributed by atoms with E-state index in [4.69, 9.17) is 4.74 Å². The number of aromatic nitrogens is 2. The monoisotopic (exact) mass is 237 g/mol. The van der Waals surface area contributed by atoms with Crippen LogP contribution in [0.2, 0.25) is 0 Å². The summed E-state index contributed by atoms with van der Waals surface area (Å²) in [7, 11) is 0. The van der Waals surface area contributed by atoms with Crippen molar-refractivity contribution in [2.75, 3.05) is 6.61 Å². The lowest BCUT2D eigenvalue weighted by Crippen LogP contribution is -2.41. The number of carbonyl (C=O) groups excluding carboxylic acids is 1. The van der Waals surface area contributed by atoms with Crippen molar-refractivity contribution < 1.29 is 9.53 Å². The lowest BCUT2D eigenvalue weighted by atomic mass is 10.1. The van der Waals surface area contributed by atoms with Crippen LogP contribution in [0.5, 0.6) is 0 Å². The Morgan fingerprint density at radius 3 is 3.18 bits per heavy atom. The standard InChI is InChI=1S/C12H19N3O2/c1-3-15-7-6-10(14-15)12(16)13-9(2)11-5-4-8-17-11/h6-7,9,11H,3-5,8H2,1-2H3,(H,13,16). The van der Waals surface area contributed by atoms with E-state index >= 15 is 0 Å². The first-order valence-electron chi connectivity index (χ1n) is 6.16. The first kappa shape index (κ1) is 12.1. The Balaban J connectivity index is 1.91. The van der Waals surface area contributed by atoms with Crippen LogP contribution in [0.4, 0.5) is 0 Å². The van der Waals surface area contributed by atoms with E-state index in [-0.39, 0.29) is 18.1 Å². The molecular formula is C12H19N3O2. The molecule has 5 nitrogen and oxygen atoms in total. The van der Waals surface area contributed by atoms with Gasteiger partial charge >= 0.3 is 0 Å². The van der Waals surface area contributed by atoms with E-state index in [9.17, 15) is 4.79 Å². The van der Waals surface area contributed by atoms with Crippen LogP contribution in [-0.4, -0.2) is 34.4 Å². The summed E-state index contributed by atoms with van der Waals surface area (Å²) in [6.07, 6.45) is 4.05. The molecule has 0 spiro atoms. The second kappa shape index (κ2) is 5.31. The predicted molar refractivity (Wildman–Crippen MR) is 63.8 cm³/mol. The summed E-state index contributed by atoms with van der Waals surface area (Å²) in [5, 5.41) is 7.11. The number of ether oxygens (including phenoxy) is 1. The maximum Gasteiger partial charge on any atom is 0.272 e. The van der Waals surface area contributed by atoms with E-state index < -0.39 is 0 Å². The third kappa shape index (κ3) is 2.85. The molecule has 1 fully saturated rings. The lowest BCUT2D eigenvalue weighted by molar-refractivity contribution is 0.0709. The van der Waals surface area contributed by atoms with Gasteiger partial charge in [-0.25, -0.2) is 0 Å². The van der Waals surface area contributed by atoms with Gasteiger partial charge in [0.15, 0.2) is 0 Å². The van der Waals surface area contributed by atoms with Gasteiger partial charge in [-0.05, 0) is 32.8 Å². The summed E-state index contributed by atoms with van der Waals surface area (Å²) in [6.45, 7) is 5.54. The predicted octanol–water partition coefficient (Wildman–Crippen LogP) is 1.20. The zero-order valence-corrected chi connectivity index (χ0v) is 10.3. The Kier molecular flexibility index (Phi) is 3.78. The van der Waals surface area contributed by atoms with Crippen LogP contribution in [0.15, 0.2) is 12.3 Å². The fourth-order valence-corrected chi connectivity index (χ4v) is 2.03. The third-order valence-corrected chi connectivity index (χ3v) is 3.08. The van der Waals surface area contributed by atoms with Crippen LogP contribution in [0, 0.1) is 0 Å². The van der Waals surface area contributed by atoms with E-state index in [1.165, 1.54) is 0 Å². The molecule has 1 N–H and O–H groups in total. The van der Waals surface area contributed by atoms with Gasteiger partial charge in [0, 0.05) is 19.3 Å². The van der Waals surface area contributed by atoms with Gasteiger partial charge in [-0.3, -0.25) is 9.48 Å². The smallest absolute Gasteiger partial charge is 0.272 e. The van der Waals surface area contributed by atoms with Crippen molar-refractivity contribution >= 4 is 5.91 Å². The van der Waals surface area contributed by atoms with Crippen LogP contribution in [0.1, 0.15) is 37.2 Å². The Morgan fingerprint density at radius 1 is 1.76 bits per heavy atom. The largest absolute Gasteiger partial charge is 0.376 e. The second-order valence-electron chi connectivity index (χ2n) is 4.37. The fourth-order valence-electron chi connectivity index (χ4n) is 2.03. The van der Waals surface area contributed by atoms with Crippen molar-refractivity contribution in [3.05, 3.63) is 18.0 Å². The third-order valence-electron chi connectivity index (χ3n) is 3.08. The normalized spacial score (nSPS) is 21.4. The number of hydrogen-bond donors (Lipinski definition) is 1. The van der Waals surface area contributed by atoms with E-state index in [1.54, 1.807) is 10.7 Å². The molecule has 2 atom stereocenters. The highest BCUT2D eigenvalue weighted by molar-refractivity contribution is 5.92. The van der Waals surface area contributed by atoms with Crippen molar-refractivity contribution in [3.8, 4) is 0 Å². The van der Waals surface area contributed by atoms with Crippen LogP contribution >= 0.6 is 0 Å².